The van der Waals surface area contributed by atoms with E-state index in [4.69, 9.17) is 0 Å². The van der Waals surface area contributed by atoms with Crippen molar-refractivity contribution in [1.82, 2.24) is 15.2 Å². The van der Waals surface area contributed by atoms with Crippen LogP contribution >= 0.6 is 15.9 Å². The summed E-state index contributed by atoms with van der Waals surface area (Å²) < 4.78 is 1.08. The summed E-state index contributed by atoms with van der Waals surface area (Å²) in [5.41, 5.74) is 0. The molecular weight excluding hydrogens is 320 g/mol. The first-order valence-corrected chi connectivity index (χ1v) is 7.57. The second-order valence-corrected chi connectivity index (χ2v) is 5.61. The topological polar surface area (TPSA) is 57.3 Å². The predicted molar refractivity (Wildman–Crippen MR) is 83.9 cm³/mol. The van der Waals surface area contributed by atoms with Crippen molar-refractivity contribution in [3.8, 4) is 0 Å². The van der Waals surface area contributed by atoms with Crippen LogP contribution in [-0.2, 0) is 0 Å². The summed E-state index contributed by atoms with van der Waals surface area (Å²) in [4.78, 5) is 17.9. The molecule has 2 heterocycles. The SMILES string of the molecule is O=C(NCCCNc1ccccn1)N1CCC=C(Br)C1. The lowest BCUT2D eigenvalue weighted by Crippen LogP contribution is -2.42. The molecule has 2 N–H and O–H groups in total. The molecule has 0 saturated carbocycles. The van der Waals surface area contributed by atoms with Crippen molar-refractivity contribution in [2.75, 3.05) is 31.5 Å². The van der Waals surface area contributed by atoms with Gasteiger partial charge in [-0.25, -0.2) is 9.78 Å². The Balaban J connectivity index is 1.59. The van der Waals surface area contributed by atoms with Gasteiger partial charge in [0.1, 0.15) is 5.82 Å². The van der Waals surface area contributed by atoms with Gasteiger partial charge in [0.25, 0.3) is 0 Å². The van der Waals surface area contributed by atoms with E-state index < -0.39 is 0 Å². The molecule has 20 heavy (non-hydrogen) atoms. The summed E-state index contributed by atoms with van der Waals surface area (Å²) in [7, 11) is 0. The fourth-order valence-corrected chi connectivity index (χ4v) is 2.49. The van der Waals surface area contributed by atoms with Gasteiger partial charge in [-0.2, -0.15) is 0 Å². The Kier molecular flexibility index (Phi) is 5.86. The molecule has 1 aromatic rings. The van der Waals surface area contributed by atoms with Gasteiger partial charge in [-0.05, 0) is 25.0 Å². The number of rotatable bonds is 5. The third kappa shape index (κ3) is 4.85. The average Bonchev–Trinajstić information content (AvgIpc) is 2.48. The summed E-state index contributed by atoms with van der Waals surface area (Å²) in [5.74, 6) is 0.865. The zero-order chi connectivity index (χ0) is 14.2. The fourth-order valence-electron chi connectivity index (χ4n) is 1.96. The molecule has 0 radical (unpaired) electrons. The predicted octanol–water partition coefficient (Wildman–Crippen LogP) is 2.58. The van der Waals surface area contributed by atoms with Crippen molar-refractivity contribution in [1.29, 1.82) is 0 Å². The molecule has 0 atom stereocenters. The van der Waals surface area contributed by atoms with Gasteiger partial charge in [0.15, 0.2) is 0 Å². The largest absolute Gasteiger partial charge is 0.370 e. The number of nitrogens with one attached hydrogen (secondary N) is 2. The number of carbonyl (C=O) groups is 1. The number of anilines is 1. The number of nitrogens with zero attached hydrogens (tertiary/aromatic N) is 2. The van der Waals surface area contributed by atoms with Crippen LogP contribution in [0.2, 0.25) is 0 Å². The number of halogens is 1. The standard InChI is InChI=1S/C14H19BrN4O/c15-12-5-3-10-19(11-12)14(20)18-9-4-8-17-13-6-1-2-7-16-13/h1-2,5-7H,3-4,8-11H2,(H,16,17)(H,18,20). The van der Waals surface area contributed by atoms with Crippen LogP contribution in [-0.4, -0.2) is 42.1 Å². The van der Waals surface area contributed by atoms with E-state index in [2.05, 4.69) is 37.6 Å². The number of amides is 2. The summed E-state index contributed by atoms with van der Waals surface area (Å²) in [6.45, 7) is 2.91. The van der Waals surface area contributed by atoms with Gasteiger partial charge in [0.2, 0.25) is 0 Å². The molecule has 0 aromatic carbocycles. The molecule has 0 spiro atoms. The van der Waals surface area contributed by atoms with Gasteiger partial charge in [-0.15, -0.1) is 0 Å². The van der Waals surface area contributed by atoms with Gasteiger partial charge in [0.05, 0.1) is 6.54 Å². The van der Waals surface area contributed by atoms with Crippen molar-refractivity contribution >= 4 is 27.8 Å². The van der Waals surface area contributed by atoms with E-state index in [1.165, 1.54) is 0 Å². The maximum atomic E-state index is 11.9. The third-order valence-corrected chi connectivity index (χ3v) is 3.57. The van der Waals surface area contributed by atoms with Gasteiger partial charge >= 0.3 is 6.03 Å². The van der Waals surface area contributed by atoms with Gasteiger partial charge in [-0.3, -0.25) is 0 Å². The van der Waals surface area contributed by atoms with E-state index in [1.54, 1.807) is 6.20 Å². The summed E-state index contributed by atoms with van der Waals surface area (Å²) in [6.07, 6.45) is 5.65. The number of pyridine rings is 1. The van der Waals surface area contributed by atoms with E-state index in [9.17, 15) is 4.79 Å². The number of carbonyl (C=O) groups excluding carboxylic acids is 1. The normalized spacial score (nSPS) is 14.7. The summed E-state index contributed by atoms with van der Waals surface area (Å²) in [5, 5.41) is 6.15. The average molecular weight is 339 g/mol. The second kappa shape index (κ2) is 7.89. The molecule has 0 unspecified atom stereocenters. The molecule has 2 amide bonds. The van der Waals surface area contributed by atoms with E-state index in [0.29, 0.717) is 13.1 Å². The first-order valence-electron chi connectivity index (χ1n) is 6.78. The molecule has 5 nitrogen and oxygen atoms in total. The lowest BCUT2D eigenvalue weighted by atomic mass is 10.2. The van der Waals surface area contributed by atoms with Crippen molar-refractivity contribution in [3.63, 3.8) is 0 Å². The highest BCUT2D eigenvalue weighted by atomic mass is 79.9. The Bertz CT molecular complexity index is 464. The van der Waals surface area contributed by atoms with Crippen LogP contribution in [0.15, 0.2) is 35.0 Å². The van der Waals surface area contributed by atoms with Crippen LogP contribution in [0.5, 0.6) is 0 Å². The Hall–Kier alpha value is -1.56. The van der Waals surface area contributed by atoms with Crippen molar-refractivity contribution in [2.45, 2.75) is 12.8 Å². The highest BCUT2D eigenvalue weighted by Crippen LogP contribution is 2.14. The first kappa shape index (κ1) is 14.8. The molecule has 108 valence electrons. The number of aromatic nitrogens is 1. The first-order chi connectivity index (χ1) is 9.75. The Morgan fingerprint density at radius 3 is 3.05 bits per heavy atom. The molecule has 1 aromatic heterocycles. The van der Waals surface area contributed by atoms with Crippen molar-refractivity contribution in [2.24, 2.45) is 0 Å². The van der Waals surface area contributed by atoms with E-state index in [-0.39, 0.29) is 6.03 Å². The number of hydrogen-bond acceptors (Lipinski definition) is 3. The molecule has 0 aliphatic carbocycles. The molecule has 0 bridgehead atoms. The van der Waals surface area contributed by atoms with E-state index in [0.717, 1.165) is 36.2 Å². The van der Waals surface area contributed by atoms with Crippen LogP contribution in [0, 0.1) is 0 Å². The van der Waals surface area contributed by atoms with Gasteiger partial charge in [0, 0.05) is 30.3 Å². The minimum atomic E-state index is 0.00730. The van der Waals surface area contributed by atoms with E-state index >= 15 is 0 Å². The van der Waals surface area contributed by atoms with Crippen LogP contribution in [0.4, 0.5) is 10.6 Å². The third-order valence-electron chi connectivity index (χ3n) is 2.99. The van der Waals surface area contributed by atoms with Gasteiger partial charge < -0.3 is 15.5 Å². The molecule has 6 heteroatoms. The lowest BCUT2D eigenvalue weighted by molar-refractivity contribution is 0.202. The molecule has 0 saturated heterocycles. The number of urea groups is 1. The molecular formula is C14H19BrN4O. The quantitative estimate of drug-likeness (QED) is 0.811. The van der Waals surface area contributed by atoms with Crippen LogP contribution in [0.1, 0.15) is 12.8 Å². The van der Waals surface area contributed by atoms with Crippen LogP contribution < -0.4 is 10.6 Å². The summed E-state index contributed by atoms with van der Waals surface area (Å²) in [6, 6.07) is 5.76. The maximum absolute atomic E-state index is 11.9. The molecule has 1 aliphatic heterocycles. The lowest BCUT2D eigenvalue weighted by Gasteiger charge is -2.25. The second-order valence-electron chi connectivity index (χ2n) is 4.59. The maximum Gasteiger partial charge on any atom is 0.317 e. The minimum absolute atomic E-state index is 0.00730. The van der Waals surface area contributed by atoms with E-state index in [1.807, 2.05) is 23.1 Å². The monoisotopic (exact) mass is 338 g/mol. The van der Waals surface area contributed by atoms with Crippen LogP contribution in [0.3, 0.4) is 0 Å². The molecule has 2 rings (SSSR count). The van der Waals surface area contributed by atoms with Crippen molar-refractivity contribution < 1.29 is 4.79 Å². The Morgan fingerprint density at radius 1 is 1.40 bits per heavy atom. The molecule has 1 aliphatic rings. The zero-order valence-corrected chi connectivity index (χ0v) is 12.9. The van der Waals surface area contributed by atoms with Gasteiger partial charge in [-0.1, -0.05) is 28.1 Å². The molecule has 0 fully saturated rings. The van der Waals surface area contributed by atoms with Crippen molar-refractivity contribution in [3.05, 3.63) is 35.0 Å². The highest BCUT2D eigenvalue weighted by Gasteiger charge is 2.16. The Labute approximate surface area is 127 Å². The van der Waals surface area contributed by atoms with Crippen LogP contribution in [0.25, 0.3) is 0 Å². The number of hydrogen-bond donors (Lipinski definition) is 2. The summed E-state index contributed by atoms with van der Waals surface area (Å²) >= 11 is 3.44. The minimum Gasteiger partial charge on any atom is -0.370 e. The fraction of sp³-hybridized carbons (Fsp3) is 0.429. The highest BCUT2D eigenvalue weighted by molar-refractivity contribution is 9.11. The zero-order valence-electron chi connectivity index (χ0n) is 11.3. The smallest absolute Gasteiger partial charge is 0.317 e. The Morgan fingerprint density at radius 2 is 2.30 bits per heavy atom.